The summed E-state index contributed by atoms with van der Waals surface area (Å²) in [5.74, 6) is -1.37. The van der Waals surface area contributed by atoms with Crippen LogP contribution in [0.5, 0.6) is 0 Å². The summed E-state index contributed by atoms with van der Waals surface area (Å²) in [6.07, 6.45) is -3.79. The van der Waals surface area contributed by atoms with Gasteiger partial charge >= 0.3 is 6.18 Å². The summed E-state index contributed by atoms with van der Waals surface area (Å²) < 4.78 is 42.9. The molecule has 100 valence electrons. The SMILES string of the molecule is CC1OCCC1Sc1cc(N)nc(C(F)(F)F)n1. The Morgan fingerprint density at radius 3 is 2.72 bits per heavy atom. The lowest BCUT2D eigenvalue weighted by Crippen LogP contribution is -2.16. The van der Waals surface area contributed by atoms with Crippen molar-refractivity contribution < 1.29 is 17.9 Å². The lowest BCUT2D eigenvalue weighted by molar-refractivity contribution is -0.145. The van der Waals surface area contributed by atoms with Gasteiger partial charge in [0.2, 0.25) is 5.82 Å². The number of nitrogen functional groups attached to an aromatic ring is 1. The summed E-state index contributed by atoms with van der Waals surface area (Å²) in [6, 6.07) is 1.35. The number of nitrogens with two attached hydrogens (primary N) is 1. The van der Waals surface area contributed by atoms with Crippen molar-refractivity contribution in [3.8, 4) is 0 Å². The smallest absolute Gasteiger partial charge is 0.384 e. The second-order valence-electron chi connectivity index (χ2n) is 3.97. The van der Waals surface area contributed by atoms with E-state index in [1.165, 1.54) is 17.8 Å². The Bertz CT molecular complexity index is 441. The van der Waals surface area contributed by atoms with Crippen molar-refractivity contribution in [3.63, 3.8) is 0 Å². The molecule has 1 aliphatic rings. The number of halogens is 3. The fraction of sp³-hybridized carbons (Fsp3) is 0.600. The van der Waals surface area contributed by atoms with Crippen LogP contribution in [0.4, 0.5) is 19.0 Å². The molecule has 2 N–H and O–H groups in total. The highest BCUT2D eigenvalue weighted by Gasteiger charge is 2.36. The van der Waals surface area contributed by atoms with Crippen molar-refractivity contribution >= 4 is 17.6 Å². The Hall–Kier alpha value is -1.02. The zero-order chi connectivity index (χ0) is 13.3. The third kappa shape index (κ3) is 3.05. The first-order chi connectivity index (χ1) is 8.36. The maximum Gasteiger partial charge on any atom is 0.451 e. The van der Waals surface area contributed by atoms with E-state index in [0.717, 1.165) is 6.42 Å². The molecule has 0 amide bonds. The number of hydrogen-bond donors (Lipinski definition) is 1. The predicted molar refractivity (Wildman–Crippen MR) is 61.1 cm³/mol. The molecule has 18 heavy (non-hydrogen) atoms. The Morgan fingerprint density at radius 2 is 2.17 bits per heavy atom. The lowest BCUT2D eigenvalue weighted by atomic mass is 10.3. The number of hydrogen-bond acceptors (Lipinski definition) is 5. The van der Waals surface area contributed by atoms with Crippen LogP contribution in [0.25, 0.3) is 0 Å². The molecular weight excluding hydrogens is 267 g/mol. The third-order valence-electron chi connectivity index (χ3n) is 2.55. The number of anilines is 1. The molecule has 0 aromatic carbocycles. The average Bonchev–Trinajstić information content (AvgIpc) is 2.62. The van der Waals surface area contributed by atoms with E-state index in [4.69, 9.17) is 10.5 Å². The molecule has 4 nitrogen and oxygen atoms in total. The maximum absolute atomic E-state index is 12.5. The average molecular weight is 279 g/mol. The molecule has 0 spiro atoms. The molecule has 2 atom stereocenters. The van der Waals surface area contributed by atoms with E-state index in [1.54, 1.807) is 0 Å². The Morgan fingerprint density at radius 1 is 1.44 bits per heavy atom. The predicted octanol–water partition coefficient (Wildman–Crippen LogP) is 2.35. The van der Waals surface area contributed by atoms with Crippen molar-refractivity contribution in [1.82, 2.24) is 9.97 Å². The van der Waals surface area contributed by atoms with Gasteiger partial charge in [0, 0.05) is 17.9 Å². The van der Waals surface area contributed by atoms with Crippen molar-refractivity contribution in [2.24, 2.45) is 0 Å². The minimum Gasteiger partial charge on any atom is -0.384 e. The second kappa shape index (κ2) is 4.93. The molecule has 0 aliphatic carbocycles. The molecule has 0 radical (unpaired) electrons. The van der Waals surface area contributed by atoms with E-state index in [1.807, 2.05) is 6.92 Å². The summed E-state index contributed by atoms with van der Waals surface area (Å²) in [6.45, 7) is 2.51. The van der Waals surface area contributed by atoms with Crippen LogP contribution in [0.1, 0.15) is 19.2 Å². The highest BCUT2D eigenvalue weighted by atomic mass is 32.2. The van der Waals surface area contributed by atoms with Crippen LogP contribution >= 0.6 is 11.8 Å². The minimum absolute atomic E-state index is 0.000488. The summed E-state index contributed by atoms with van der Waals surface area (Å²) in [4.78, 5) is 6.69. The topological polar surface area (TPSA) is 61.0 Å². The third-order valence-corrected chi connectivity index (χ3v) is 3.93. The molecule has 8 heteroatoms. The Labute approximate surface area is 106 Å². The maximum atomic E-state index is 12.5. The van der Waals surface area contributed by atoms with Crippen LogP contribution in [-0.4, -0.2) is 27.9 Å². The number of alkyl halides is 3. The largest absolute Gasteiger partial charge is 0.451 e. The van der Waals surface area contributed by atoms with Crippen molar-refractivity contribution in [2.45, 2.75) is 35.9 Å². The number of ether oxygens (including phenoxy) is 1. The van der Waals surface area contributed by atoms with Crippen molar-refractivity contribution in [3.05, 3.63) is 11.9 Å². The van der Waals surface area contributed by atoms with E-state index in [-0.39, 0.29) is 22.2 Å². The number of aromatic nitrogens is 2. The zero-order valence-corrected chi connectivity index (χ0v) is 10.4. The van der Waals surface area contributed by atoms with Crippen LogP contribution in [0, 0.1) is 0 Å². The fourth-order valence-corrected chi connectivity index (χ4v) is 2.77. The lowest BCUT2D eigenvalue weighted by Gasteiger charge is -2.14. The number of thioether (sulfide) groups is 1. The fourth-order valence-electron chi connectivity index (χ4n) is 1.65. The van der Waals surface area contributed by atoms with Gasteiger partial charge < -0.3 is 10.5 Å². The zero-order valence-electron chi connectivity index (χ0n) is 9.57. The summed E-state index contributed by atoms with van der Waals surface area (Å²) in [7, 11) is 0. The van der Waals surface area contributed by atoms with Gasteiger partial charge in [0.25, 0.3) is 0 Å². The standard InChI is InChI=1S/C10H12F3N3OS/c1-5-6(2-3-17-5)18-8-4-7(14)15-9(16-8)10(11,12)13/h4-6H,2-3H2,1H3,(H2,14,15,16). The molecule has 1 aromatic rings. The molecule has 1 aliphatic heterocycles. The van der Waals surface area contributed by atoms with Gasteiger partial charge in [0.15, 0.2) is 0 Å². The Kier molecular flexibility index (Phi) is 3.67. The molecule has 0 bridgehead atoms. The van der Waals surface area contributed by atoms with Crippen LogP contribution in [0.3, 0.4) is 0 Å². The molecule has 2 unspecified atom stereocenters. The van der Waals surface area contributed by atoms with E-state index in [9.17, 15) is 13.2 Å². The van der Waals surface area contributed by atoms with Gasteiger partial charge in [0.05, 0.1) is 6.10 Å². The Balaban J connectivity index is 2.20. The first-order valence-corrected chi connectivity index (χ1v) is 6.24. The molecule has 1 aromatic heterocycles. The highest BCUT2D eigenvalue weighted by Crippen LogP contribution is 2.34. The quantitative estimate of drug-likeness (QED) is 0.842. The summed E-state index contributed by atoms with van der Waals surface area (Å²) in [5.41, 5.74) is 5.37. The first kappa shape index (κ1) is 13.4. The van der Waals surface area contributed by atoms with Crippen molar-refractivity contribution in [2.75, 3.05) is 12.3 Å². The van der Waals surface area contributed by atoms with Crippen LogP contribution in [0.15, 0.2) is 11.1 Å². The van der Waals surface area contributed by atoms with Crippen LogP contribution < -0.4 is 5.73 Å². The highest BCUT2D eigenvalue weighted by molar-refractivity contribution is 7.99. The monoisotopic (exact) mass is 279 g/mol. The molecule has 1 saturated heterocycles. The van der Waals surface area contributed by atoms with E-state index in [0.29, 0.717) is 6.61 Å². The molecule has 2 rings (SSSR count). The van der Waals surface area contributed by atoms with Gasteiger partial charge in [-0.15, -0.1) is 11.8 Å². The van der Waals surface area contributed by atoms with Gasteiger partial charge in [-0.3, -0.25) is 0 Å². The molecular formula is C10H12F3N3OS. The van der Waals surface area contributed by atoms with Gasteiger partial charge in [-0.05, 0) is 13.3 Å². The van der Waals surface area contributed by atoms with E-state index in [2.05, 4.69) is 9.97 Å². The van der Waals surface area contributed by atoms with Crippen LogP contribution in [-0.2, 0) is 10.9 Å². The molecule has 0 saturated carbocycles. The second-order valence-corrected chi connectivity index (χ2v) is 5.23. The number of nitrogens with zero attached hydrogens (tertiary/aromatic N) is 2. The van der Waals surface area contributed by atoms with E-state index < -0.39 is 12.0 Å². The first-order valence-electron chi connectivity index (χ1n) is 5.36. The van der Waals surface area contributed by atoms with Gasteiger partial charge in [0.1, 0.15) is 10.8 Å². The number of rotatable bonds is 2. The summed E-state index contributed by atoms with van der Waals surface area (Å²) >= 11 is 1.25. The van der Waals surface area contributed by atoms with Gasteiger partial charge in [-0.2, -0.15) is 13.2 Å². The molecule has 1 fully saturated rings. The van der Waals surface area contributed by atoms with E-state index >= 15 is 0 Å². The van der Waals surface area contributed by atoms with Gasteiger partial charge in [-0.1, -0.05) is 0 Å². The normalized spacial score (nSPS) is 24.4. The summed E-state index contributed by atoms with van der Waals surface area (Å²) in [5, 5.41) is 0.331. The van der Waals surface area contributed by atoms with Crippen molar-refractivity contribution in [1.29, 1.82) is 0 Å². The minimum atomic E-state index is -4.58. The van der Waals surface area contributed by atoms with Gasteiger partial charge in [-0.25, -0.2) is 9.97 Å². The molecule has 2 heterocycles. The van der Waals surface area contributed by atoms with Crippen LogP contribution in [0.2, 0.25) is 0 Å².